The van der Waals surface area contributed by atoms with E-state index in [0.717, 1.165) is 0 Å². The lowest BCUT2D eigenvalue weighted by Crippen LogP contribution is -2.61. The first-order valence-electron chi connectivity index (χ1n) is 4.44. The van der Waals surface area contributed by atoms with Crippen LogP contribution in [0.3, 0.4) is 0 Å². The summed E-state index contributed by atoms with van der Waals surface area (Å²) in [7, 11) is 0. The zero-order chi connectivity index (χ0) is 14.1. The summed E-state index contributed by atoms with van der Waals surface area (Å²) in [6, 6.07) is 1.37. The quantitative estimate of drug-likeness (QED) is 0.776. The van der Waals surface area contributed by atoms with Crippen molar-refractivity contribution in [3.8, 4) is 0 Å². The van der Waals surface area contributed by atoms with Crippen molar-refractivity contribution in [3.05, 3.63) is 19.9 Å². The van der Waals surface area contributed by atoms with Crippen molar-refractivity contribution in [3.63, 3.8) is 0 Å². The van der Waals surface area contributed by atoms with E-state index in [9.17, 15) is 22.8 Å². The molecule has 0 aliphatic heterocycles. The van der Waals surface area contributed by atoms with Crippen molar-refractivity contribution in [2.45, 2.75) is 18.6 Å². The molecule has 9 heteroatoms. The Morgan fingerprint density at radius 2 is 2.00 bits per heavy atom. The van der Waals surface area contributed by atoms with Gasteiger partial charge in [-0.1, -0.05) is 0 Å². The molecule has 100 valence electrons. The number of halogens is 4. The van der Waals surface area contributed by atoms with E-state index in [1.165, 1.54) is 28.1 Å². The highest BCUT2D eigenvalue weighted by Crippen LogP contribution is 2.31. The molecule has 18 heavy (non-hydrogen) atoms. The van der Waals surface area contributed by atoms with Crippen LogP contribution in [0.1, 0.15) is 17.3 Å². The molecule has 0 aliphatic carbocycles. The average Bonchev–Trinajstić information content (AvgIpc) is 2.62. The van der Waals surface area contributed by atoms with Crippen molar-refractivity contribution < 1.29 is 27.9 Å². The second-order valence-corrected chi connectivity index (χ2v) is 6.33. The Balaban J connectivity index is 3.00. The van der Waals surface area contributed by atoms with Crippen molar-refractivity contribution in [1.29, 1.82) is 0 Å². The van der Waals surface area contributed by atoms with E-state index < -0.39 is 23.6 Å². The Hall–Kier alpha value is -0.840. The minimum absolute atomic E-state index is 0.00104. The number of thiophene rings is 1. The Labute approximate surface area is 117 Å². The molecule has 1 aromatic heterocycles. The van der Waals surface area contributed by atoms with E-state index in [4.69, 9.17) is 5.11 Å². The van der Waals surface area contributed by atoms with Crippen molar-refractivity contribution >= 4 is 45.8 Å². The number of hydrogen-bond donors (Lipinski definition) is 2. The summed E-state index contributed by atoms with van der Waals surface area (Å²) in [6.45, 7) is 0.407. The molecular weight excluding hydrogens is 386 g/mol. The molecule has 0 spiro atoms. The standard InChI is InChI=1S/C9H7F3INO3S/c1-8(7(16)17,9(10,11)12)14-6(15)4-2-5(13)18-3-4/h2-3H,1H3,(H,14,15)(H,16,17). The monoisotopic (exact) mass is 393 g/mol. The highest BCUT2D eigenvalue weighted by Gasteiger charge is 2.58. The zero-order valence-corrected chi connectivity index (χ0v) is 11.8. The molecule has 1 rings (SSSR count). The highest BCUT2D eigenvalue weighted by molar-refractivity contribution is 14.1. The molecule has 4 nitrogen and oxygen atoms in total. The van der Waals surface area contributed by atoms with Crippen LogP contribution < -0.4 is 5.32 Å². The molecule has 0 radical (unpaired) electrons. The van der Waals surface area contributed by atoms with Crippen LogP contribution in [0, 0.1) is 2.88 Å². The molecule has 1 unspecified atom stereocenters. The van der Waals surface area contributed by atoms with Gasteiger partial charge in [0.1, 0.15) is 0 Å². The molecule has 0 saturated carbocycles. The molecule has 0 fully saturated rings. The Morgan fingerprint density at radius 3 is 2.33 bits per heavy atom. The maximum atomic E-state index is 12.6. The summed E-state index contributed by atoms with van der Waals surface area (Å²) >= 11 is 3.07. The van der Waals surface area contributed by atoms with Crippen LogP contribution in [0.5, 0.6) is 0 Å². The van der Waals surface area contributed by atoms with Crippen LogP contribution in [0.4, 0.5) is 13.2 Å². The fourth-order valence-electron chi connectivity index (χ4n) is 0.974. The van der Waals surface area contributed by atoms with Gasteiger partial charge in [0.2, 0.25) is 5.54 Å². The van der Waals surface area contributed by atoms with Crippen LogP contribution in [0.25, 0.3) is 0 Å². The van der Waals surface area contributed by atoms with Crippen LogP contribution in [-0.2, 0) is 4.79 Å². The summed E-state index contributed by atoms with van der Waals surface area (Å²) in [4.78, 5) is 22.3. The summed E-state index contributed by atoms with van der Waals surface area (Å²) in [5.41, 5.74) is -3.31. The molecule has 2 N–H and O–H groups in total. The zero-order valence-electron chi connectivity index (χ0n) is 8.84. The van der Waals surface area contributed by atoms with E-state index in [1.807, 2.05) is 22.6 Å². The first kappa shape index (κ1) is 15.2. The largest absolute Gasteiger partial charge is 0.479 e. The lowest BCUT2D eigenvalue weighted by atomic mass is 10.0. The number of nitrogens with one attached hydrogen (secondary N) is 1. The fourth-order valence-corrected chi connectivity index (χ4v) is 2.30. The van der Waals surface area contributed by atoms with E-state index in [-0.39, 0.29) is 5.56 Å². The molecule has 0 aromatic carbocycles. The molecular formula is C9H7F3INO3S. The number of rotatable bonds is 3. The van der Waals surface area contributed by atoms with Gasteiger partial charge in [0.05, 0.1) is 8.45 Å². The van der Waals surface area contributed by atoms with Gasteiger partial charge in [0.25, 0.3) is 5.91 Å². The SMILES string of the molecule is CC(NC(=O)c1csc(I)c1)(C(=O)O)C(F)(F)F. The van der Waals surface area contributed by atoms with Gasteiger partial charge in [0.15, 0.2) is 0 Å². The smallest absolute Gasteiger partial charge is 0.422 e. The summed E-state index contributed by atoms with van der Waals surface area (Å²) < 4.78 is 38.6. The molecule has 0 saturated heterocycles. The number of aliphatic carboxylic acids is 1. The number of carboxylic acid groups (broad SMARTS) is 1. The van der Waals surface area contributed by atoms with Crippen LogP contribution in [0.2, 0.25) is 0 Å². The molecule has 1 aromatic rings. The van der Waals surface area contributed by atoms with Gasteiger partial charge in [-0.25, -0.2) is 4.79 Å². The maximum absolute atomic E-state index is 12.6. The van der Waals surface area contributed by atoms with E-state index >= 15 is 0 Å². The van der Waals surface area contributed by atoms with E-state index in [1.54, 1.807) is 0 Å². The van der Waals surface area contributed by atoms with Crippen LogP contribution in [0.15, 0.2) is 11.4 Å². The summed E-state index contributed by atoms with van der Waals surface area (Å²) in [5, 5.41) is 11.5. The molecule has 0 aliphatic rings. The number of alkyl halides is 3. The summed E-state index contributed by atoms with van der Waals surface area (Å²) in [6.07, 6.45) is -5.09. The first-order chi connectivity index (χ1) is 8.08. The Bertz CT molecular complexity index is 488. The lowest BCUT2D eigenvalue weighted by molar-refractivity contribution is -0.203. The maximum Gasteiger partial charge on any atom is 0.422 e. The van der Waals surface area contributed by atoms with Gasteiger partial charge in [0, 0.05) is 5.38 Å². The van der Waals surface area contributed by atoms with Crippen molar-refractivity contribution in [2.75, 3.05) is 0 Å². The van der Waals surface area contributed by atoms with E-state index in [2.05, 4.69) is 0 Å². The van der Waals surface area contributed by atoms with Gasteiger partial charge < -0.3 is 10.4 Å². The van der Waals surface area contributed by atoms with Gasteiger partial charge in [-0.3, -0.25) is 4.79 Å². The van der Waals surface area contributed by atoms with Gasteiger partial charge in [-0.05, 0) is 35.6 Å². The second-order valence-electron chi connectivity index (χ2n) is 3.52. The van der Waals surface area contributed by atoms with Crippen LogP contribution >= 0.6 is 33.9 Å². The minimum atomic E-state index is -5.09. The number of carbonyl (C=O) groups is 2. The third-order valence-electron chi connectivity index (χ3n) is 2.19. The van der Waals surface area contributed by atoms with Crippen LogP contribution in [-0.4, -0.2) is 28.7 Å². The topological polar surface area (TPSA) is 66.4 Å². The number of carboxylic acids is 1. The normalized spacial score (nSPS) is 14.9. The molecule has 1 atom stereocenters. The first-order valence-corrected chi connectivity index (χ1v) is 6.40. The third kappa shape index (κ3) is 2.94. The average molecular weight is 393 g/mol. The Morgan fingerprint density at radius 1 is 1.44 bits per heavy atom. The fraction of sp³-hybridized carbons (Fsp3) is 0.333. The molecule has 1 amide bonds. The number of hydrogen-bond acceptors (Lipinski definition) is 3. The Kier molecular flexibility index (Phi) is 4.26. The summed E-state index contributed by atoms with van der Waals surface area (Å²) in [5.74, 6) is -3.23. The molecule has 1 heterocycles. The van der Waals surface area contributed by atoms with Crippen molar-refractivity contribution in [1.82, 2.24) is 5.32 Å². The van der Waals surface area contributed by atoms with E-state index in [0.29, 0.717) is 9.81 Å². The highest BCUT2D eigenvalue weighted by atomic mass is 127. The minimum Gasteiger partial charge on any atom is -0.479 e. The van der Waals surface area contributed by atoms with Gasteiger partial charge >= 0.3 is 12.1 Å². The lowest BCUT2D eigenvalue weighted by Gasteiger charge is -2.28. The predicted octanol–water partition coefficient (Wildman–Crippen LogP) is 2.49. The van der Waals surface area contributed by atoms with Gasteiger partial charge in [-0.2, -0.15) is 13.2 Å². The third-order valence-corrected chi connectivity index (χ3v) is 3.98. The molecule has 0 bridgehead atoms. The predicted molar refractivity (Wildman–Crippen MR) is 66.6 cm³/mol. The number of amides is 1. The van der Waals surface area contributed by atoms with Gasteiger partial charge in [-0.15, -0.1) is 11.3 Å². The van der Waals surface area contributed by atoms with Crippen molar-refractivity contribution in [2.24, 2.45) is 0 Å². The number of carbonyl (C=O) groups excluding carboxylic acids is 1. The second kappa shape index (κ2) is 5.03.